The Kier molecular flexibility index (Phi) is 6.88. The zero-order valence-electron chi connectivity index (χ0n) is 22.9. The van der Waals surface area contributed by atoms with Crippen LogP contribution in [0.15, 0.2) is 47.4 Å². The summed E-state index contributed by atoms with van der Waals surface area (Å²) >= 11 is 0. The van der Waals surface area contributed by atoms with Crippen molar-refractivity contribution in [2.45, 2.75) is 104 Å². The first-order valence-electron chi connectivity index (χ1n) is 15.1. The minimum absolute atomic E-state index is 0.161. The summed E-state index contributed by atoms with van der Waals surface area (Å²) in [5.41, 5.74) is 5.91. The standard InChI is InChI=1S/C33H44N2O2/c1-32-18-16-26(35-37-31(36)11-5-9-23-7-3-4-8-23)21-25(32)12-13-27-29-15-14-28(24-10-6-20-34-22-24)33(29,2)19-17-30(27)32/h6,10,14,20-23,27,29-30H,3-5,7-9,11-13,15-19H2,1-2H3/t27-,29+,30+,32+,33-/m1/s1. The molecule has 0 unspecified atom stereocenters. The lowest BCUT2D eigenvalue weighted by molar-refractivity contribution is -0.143. The van der Waals surface area contributed by atoms with Crippen LogP contribution >= 0.6 is 0 Å². The topological polar surface area (TPSA) is 51.5 Å². The number of aromatic nitrogens is 1. The van der Waals surface area contributed by atoms with E-state index >= 15 is 0 Å². The molecule has 0 aliphatic heterocycles. The molecule has 0 bridgehead atoms. The van der Waals surface area contributed by atoms with Crippen molar-refractivity contribution in [3.8, 4) is 0 Å². The molecule has 0 spiro atoms. The van der Waals surface area contributed by atoms with Gasteiger partial charge in [-0.1, -0.05) is 62.4 Å². The predicted octanol–water partition coefficient (Wildman–Crippen LogP) is 8.30. The van der Waals surface area contributed by atoms with Crippen molar-refractivity contribution in [3.05, 3.63) is 47.8 Å². The molecule has 5 aliphatic carbocycles. The third kappa shape index (κ3) is 4.63. The summed E-state index contributed by atoms with van der Waals surface area (Å²) in [5.74, 6) is 2.93. The quantitative estimate of drug-likeness (QED) is 0.291. The maximum atomic E-state index is 12.3. The Labute approximate surface area is 223 Å². The number of fused-ring (bicyclic) bond motifs is 5. The minimum atomic E-state index is -0.161. The number of carbonyl (C=O) groups is 1. The molecule has 6 rings (SSSR count). The lowest BCUT2D eigenvalue weighted by atomic mass is 9.46. The highest BCUT2D eigenvalue weighted by atomic mass is 16.7. The molecule has 0 N–H and O–H groups in total. The smallest absolute Gasteiger partial charge is 0.318 e. The molecule has 1 aromatic heterocycles. The van der Waals surface area contributed by atoms with E-state index in [1.165, 1.54) is 56.9 Å². The average Bonchev–Trinajstić information content (AvgIpc) is 3.55. The van der Waals surface area contributed by atoms with Crippen molar-refractivity contribution < 1.29 is 9.63 Å². The van der Waals surface area contributed by atoms with Crippen LogP contribution in [-0.4, -0.2) is 16.7 Å². The fraction of sp³-hybridized carbons (Fsp3) is 0.667. The first kappa shape index (κ1) is 25.1. The van der Waals surface area contributed by atoms with E-state index in [9.17, 15) is 4.79 Å². The van der Waals surface area contributed by atoms with Crippen LogP contribution in [0.25, 0.3) is 5.57 Å². The van der Waals surface area contributed by atoms with Gasteiger partial charge in [0.25, 0.3) is 0 Å². The molecule has 1 aromatic rings. The number of carbonyl (C=O) groups excluding carboxylic acids is 1. The Balaban J connectivity index is 1.10. The summed E-state index contributed by atoms with van der Waals surface area (Å²) in [6, 6.07) is 4.32. The molecule has 5 atom stereocenters. The van der Waals surface area contributed by atoms with E-state index in [2.05, 4.69) is 54.5 Å². The van der Waals surface area contributed by atoms with Crippen LogP contribution in [0, 0.1) is 34.5 Å². The van der Waals surface area contributed by atoms with Crippen LogP contribution in [-0.2, 0) is 9.63 Å². The van der Waals surface area contributed by atoms with Gasteiger partial charge in [-0.25, -0.2) is 4.79 Å². The number of hydrogen-bond acceptors (Lipinski definition) is 4. The Bertz CT molecular complexity index is 1100. The second-order valence-electron chi connectivity index (χ2n) is 13.1. The first-order chi connectivity index (χ1) is 18.0. The summed E-state index contributed by atoms with van der Waals surface area (Å²) in [5, 5.41) is 4.34. The number of oxime groups is 1. The fourth-order valence-corrected chi connectivity index (χ4v) is 9.17. The Morgan fingerprint density at radius 1 is 1.08 bits per heavy atom. The van der Waals surface area contributed by atoms with Gasteiger partial charge in [0.2, 0.25) is 0 Å². The van der Waals surface area contributed by atoms with E-state index in [0.29, 0.717) is 6.42 Å². The molecule has 0 saturated heterocycles. The SMILES string of the molecule is C[C@]12CCC(=NOC(=O)CCCC3CCCC3)C=C1CC[C@H]1[C@@H]2CC[C@]2(C)C(c3cccnc3)=CC[C@@H]12. The first-order valence-corrected chi connectivity index (χ1v) is 15.1. The molecule has 0 amide bonds. The Morgan fingerprint density at radius 3 is 2.76 bits per heavy atom. The van der Waals surface area contributed by atoms with Crippen LogP contribution < -0.4 is 0 Å². The van der Waals surface area contributed by atoms with Crippen LogP contribution in [0.3, 0.4) is 0 Å². The van der Waals surface area contributed by atoms with Crippen LogP contribution in [0.2, 0.25) is 0 Å². The van der Waals surface area contributed by atoms with Gasteiger partial charge in [-0.15, -0.1) is 0 Å². The molecular formula is C33H44N2O2. The van der Waals surface area contributed by atoms with E-state index < -0.39 is 0 Å². The summed E-state index contributed by atoms with van der Waals surface area (Å²) in [6.45, 7) is 5.05. The van der Waals surface area contributed by atoms with Crippen molar-refractivity contribution in [1.82, 2.24) is 4.98 Å². The van der Waals surface area contributed by atoms with E-state index in [4.69, 9.17) is 4.84 Å². The van der Waals surface area contributed by atoms with Gasteiger partial charge in [0.1, 0.15) is 0 Å². The van der Waals surface area contributed by atoms with Crippen molar-refractivity contribution in [3.63, 3.8) is 0 Å². The summed E-state index contributed by atoms with van der Waals surface area (Å²) in [6.07, 6.45) is 25.0. The second kappa shape index (κ2) is 10.2. The van der Waals surface area contributed by atoms with Crippen LogP contribution in [0.1, 0.15) is 109 Å². The van der Waals surface area contributed by atoms with Gasteiger partial charge in [-0.2, -0.15) is 0 Å². The van der Waals surface area contributed by atoms with Gasteiger partial charge in [-0.3, -0.25) is 4.98 Å². The second-order valence-corrected chi connectivity index (χ2v) is 13.1. The van der Waals surface area contributed by atoms with E-state index in [-0.39, 0.29) is 16.8 Å². The fourth-order valence-electron chi connectivity index (χ4n) is 9.17. The third-order valence-electron chi connectivity index (χ3n) is 11.3. The van der Waals surface area contributed by atoms with Crippen molar-refractivity contribution in [2.24, 2.45) is 39.7 Å². The molecule has 5 aliphatic rings. The van der Waals surface area contributed by atoms with Gasteiger partial charge in [0, 0.05) is 18.8 Å². The Morgan fingerprint density at radius 2 is 1.95 bits per heavy atom. The molecule has 3 saturated carbocycles. The van der Waals surface area contributed by atoms with Gasteiger partial charge < -0.3 is 4.84 Å². The summed E-state index contributed by atoms with van der Waals surface area (Å²) < 4.78 is 0. The van der Waals surface area contributed by atoms with E-state index in [1.54, 1.807) is 11.1 Å². The number of allylic oxidation sites excluding steroid dienone is 4. The number of hydrogen-bond donors (Lipinski definition) is 0. The molecule has 37 heavy (non-hydrogen) atoms. The number of pyridine rings is 1. The number of nitrogens with zero attached hydrogens (tertiary/aromatic N) is 2. The zero-order valence-corrected chi connectivity index (χ0v) is 22.9. The van der Waals surface area contributed by atoms with Gasteiger partial charge in [-0.05, 0) is 116 Å². The molecule has 1 heterocycles. The largest absolute Gasteiger partial charge is 0.335 e. The monoisotopic (exact) mass is 500 g/mol. The van der Waals surface area contributed by atoms with Gasteiger partial charge >= 0.3 is 5.97 Å². The lowest BCUT2D eigenvalue weighted by Crippen LogP contribution is -2.49. The van der Waals surface area contributed by atoms with Crippen LogP contribution in [0.5, 0.6) is 0 Å². The molecule has 0 radical (unpaired) electrons. The highest BCUT2D eigenvalue weighted by Gasteiger charge is 2.57. The van der Waals surface area contributed by atoms with Crippen molar-refractivity contribution >= 4 is 17.3 Å². The molecule has 3 fully saturated rings. The van der Waals surface area contributed by atoms with E-state index in [0.717, 1.165) is 61.5 Å². The van der Waals surface area contributed by atoms with Gasteiger partial charge in [0.05, 0.1) is 5.71 Å². The third-order valence-corrected chi connectivity index (χ3v) is 11.3. The van der Waals surface area contributed by atoms with Gasteiger partial charge in [0.15, 0.2) is 0 Å². The van der Waals surface area contributed by atoms with Crippen LogP contribution in [0.4, 0.5) is 0 Å². The maximum Gasteiger partial charge on any atom is 0.335 e. The maximum absolute atomic E-state index is 12.3. The zero-order chi connectivity index (χ0) is 25.5. The van der Waals surface area contributed by atoms with E-state index in [1.807, 2.05) is 6.20 Å². The summed E-state index contributed by atoms with van der Waals surface area (Å²) in [7, 11) is 0. The highest BCUT2D eigenvalue weighted by molar-refractivity contribution is 5.96. The highest BCUT2D eigenvalue weighted by Crippen LogP contribution is 2.66. The average molecular weight is 501 g/mol. The minimum Gasteiger partial charge on any atom is -0.318 e. The molecule has 4 heteroatoms. The predicted molar refractivity (Wildman–Crippen MR) is 149 cm³/mol. The molecule has 198 valence electrons. The molecular weight excluding hydrogens is 456 g/mol. The number of rotatable bonds is 6. The molecule has 4 nitrogen and oxygen atoms in total. The molecule has 0 aromatic carbocycles. The summed E-state index contributed by atoms with van der Waals surface area (Å²) in [4.78, 5) is 22.1. The van der Waals surface area contributed by atoms with Crippen molar-refractivity contribution in [2.75, 3.05) is 0 Å². The lowest BCUT2D eigenvalue weighted by Gasteiger charge is -2.58. The van der Waals surface area contributed by atoms with Crippen molar-refractivity contribution in [1.29, 1.82) is 0 Å². The normalized spacial score (nSPS) is 36.4. The Hall–Kier alpha value is -2.23.